The highest BCUT2D eigenvalue weighted by molar-refractivity contribution is 7.13. The van der Waals surface area contributed by atoms with Gasteiger partial charge in [0.15, 0.2) is 0 Å². The van der Waals surface area contributed by atoms with Crippen molar-refractivity contribution in [2.24, 2.45) is 5.92 Å². The van der Waals surface area contributed by atoms with Crippen LogP contribution < -0.4 is 10.1 Å². The van der Waals surface area contributed by atoms with Crippen LogP contribution in [0.1, 0.15) is 31.3 Å². The molecule has 0 aliphatic rings. The van der Waals surface area contributed by atoms with E-state index in [1.165, 1.54) is 17.4 Å². The number of benzene rings is 1. The van der Waals surface area contributed by atoms with Crippen molar-refractivity contribution in [3.63, 3.8) is 0 Å². The van der Waals surface area contributed by atoms with Crippen molar-refractivity contribution < 1.29 is 13.9 Å². The van der Waals surface area contributed by atoms with Crippen molar-refractivity contribution >= 4 is 17.2 Å². The summed E-state index contributed by atoms with van der Waals surface area (Å²) in [4.78, 5) is 16.2. The summed E-state index contributed by atoms with van der Waals surface area (Å²) in [6.45, 7) is 6.94. The van der Waals surface area contributed by atoms with E-state index in [2.05, 4.69) is 10.3 Å². The van der Waals surface area contributed by atoms with Gasteiger partial charge in [-0.15, -0.1) is 11.3 Å². The van der Waals surface area contributed by atoms with E-state index in [-0.39, 0.29) is 5.91 Å². The highest BCUT2D eigenvalue weighted by Gasteiger charge is 2.15. The first-order valence-corrected chi connectivity index (χ1v) is 8.05. The van der Waals surface area contributed by atoms with Gasteiger partial charge in [0.2, 0.25) is 0 Å². The zero-order valence-corrected chi connectivity index (χ0v) is 13.7. The summed E-state index contributed by atoms with van der Waals surface area (Å²) in [5, 5.41) is 4.92. The number of hydrogen-bond donors (Lipinski definition) is 1. The van der Waals surface area contributed by atoms with Crippen LogP contribution in [0.2, 0.25) is 0 Å². The van der Waals surface area contributed by atoms with Crippen molar-refractivity contribution in [3.8, 4) is 16.3 Å². The number of thiazole rings is 1. The van der Waals surface area contributed by atoms with Gasteiger partial charge in [-0.25, -0.2) is 9.37 Å². The van der Waals surface area contributed by atoms with Gasteiger partial charge in [0.1, 0.15) is 22.3 Å². The van der Waals surface area contributed by atoms with E-state index in [0.29, 0.717) is 41.1 Å². The molecule has 1 N–H and O–H groups in total. The molecule has 2 rings (SSSR count). The topological polar surface area (TPSA) is 51.2 Å². The zero-order chi connectivity index (χ0) is 16.1. The molecule has 4 nitrogen and oxygen atoms in total. The van der Waals surface area contributed by atoms with Gasteiger partial charge in [0, 0.05) is 23.6 Å². The first kappa shape index (κ1) is 16.4. The largest absolute Gasteiger partial charge is 0.494 e. The fourth-order valence-electron chi connectivity index (χ4n) is 1.81. The minimum Gasteiger partial charge on any atom is -0.494 e. The molecule has 1 amide bonds. The molecule has 118 valence electrons. The molecule has 0 saturated carbocycles. The smallest absolute Gasteiger partial charge is 0.270 e. The standard InChI is InChI=1S/C16H19FN2O2S/c1-4-21-11-5-6-12(13(17)7-11)16-19-14(9-22-16)15(20)18-8-10(2)3/h5-7,9-10H,4,8H2,1-3H3,(H,18,20). The molecule has 22 heavy (non-hydrogen) atoms. The van der Waals surface area contributed by atoms with Crippen molar-refractivity contribution in [3.05, 3.63) is 35.1 Å². The van der Waals surface area contributed by atoms with Gasteiger partial charge in [-0.05, 0) is 25.0 Å². The fraction of sp³-hybridized carbons (Fsp3) is 0.375. The fourth-order valence-corrected chi connectivity index (χ4v) is 2.64. The highest BCUT2D eigenvalue weighted by Crippen LogP contribution is 2.29. The Morgan fingerprint density at radius 3 is 2.86 bits per heavy atom. The van der Waals surface area contributed by atoms with E-state index in [1.807, 2.05) is 20.8 Å². The Hall–Kier alpha value is -1.95. The van der Waals surface area contributed by atoms with Crippen LogP contribution in [0.25, 0.3) is 10.6 Å². The first-order chi connectivity index (χ1) is 10.5. The van der Waals surface area contributed by atoms with Crippen molar-refractivity contribution in [2.75, 3.05) is 13.2 Å². The summed E-state index contributed by atoms with van der Waals surface area (Å²) in [6.07, 6.45) is 0. The molecule has 1 aromatic carbocycles. The average molecular weight is 322 g/mol. The Kier molecular flexibility index (Phi) is 5.49. The molecule has 0 spiro atoms. The summed E-state index contributed by atoms with van der Waals surface area (Å²) in [7, 11) is 0. The lowest BCUT2D eigenvalue weighted by Crippen LogP contribution is -2.27. The number of carbonyl (C=O) groups excluding carboxylic acids is 1. The van der Waals surface area contributed by atoms with E-state index in [1.54, 1.807) is 17.5 Å². The molecule has 1 heterocycles. The van der Waals surface area contributed by atoms with Crippen molar-refractivity contribution in [2.45, 2.75) is 20.8 Å². The number of nitrogens with zero attached hydrogens (tertiary/aromatic N) is 1. The normalized spacial score (nSPS) is 10.8. The summed E-state index contributed by atoms with van der Waals surface area (Å²) in [5.41, 5.74) is 0.685. The molecule has 0 aliphatic heterocycles. The second kappa shape index (κ2) is 7.35. The number of halogens is 1. The summed E-state index contributed by atoms with van der Waals surface area (Å²) in [5.74, 6) is 0.206. The van der Waals surface area contributed by atoms with Crippen LogP contribution in [0.4, 0.5) is 4.39 Å². The predicted molar refractivity (Wildman–Crippen MR) is 85.8 cm³/mol. The van der Waals surface area contributed by atoms with Crippen LogP contribution in [-0.4, -0.2) is 24.0 Å². The van der Waals surface area contributed by atoms with Crippen LogP contribution in [0.5, 0.6) is 5.75 Å². The molecule has 0 unspecified atom stereocenters. The molecule has 0 saturated heterocycles. The first-order valence-electron chi connectivity index (χ1n) is 7.17. The molecule has 6 heteroatoms. The predicted octanol–water partition coefficient (Wildman–Crippen LogP) is 3.73. The molecule has 0 fully saturated rings. The third kappa shape index (κ3) is 4.04. The van der Waals surface area contributed by atoms with Crippen LogP contribution >= 0.6 is 11.3 Å². The molecule has 0 atom stereocenters. The quantitative estimate of drug-likeness (QED) is 0.881. The Labute approximate surface area is 133 Å². The molecule has 2 aromatic rings. The minimum absolute atomic E-state index is 0.234. The van der Waals surface area contributed by atoms with E-state index in [0.717, 1.165) is 0 Å². The van der Waals surface area contributed by atoms with Crippen molar-refractivity contribution in [1.82, 2.24) is 10.3 Å². The van der Waals surface area contributed by atoms with Gasteiger partial charge in [-0.3, -0.25) is 4.79 Å². The van der Waals surface area contributed by atoms with Crippen molar-refractivity contribution in [1.29, 1.82) is 0 Å². The number of hydrogen-bond acceptors (Lipinski definition) is 4. The number of carbonyl (C=O) groups is 1. The second-order valence-electron chi connectivity index (χ2n) is 5.22. The van der Waals surface area contributed by atoms with Gasteiger partial charge in [-0.2, -0.15) is 0 Å². The van der Waals surface area contributed by atoms with Crippen LogP contribution in [0, 0.1) is 11.7 Å². The second-order valence-corrected chi connectivity index (χ2v) is 6.07. The van der Waals surface area contributed by atoms with E-state index in [4.69, 9.17) is 4.74 Å². The summed E-state index contributed by atoms with van der Waals surface area (Å²) >= 11 is 1.25. The van der Waals surface area contributed by atoms with Crippen LogP contribution in [0.15, 0.2) is 23.6 Å². The van der Waals surface area contributed by atoms with Gasteiger partial charge in [0.05, 0.1) is 6.61 Å². The van der Waals surface area contributed by atoms with Crippen LogP contribution in [-0.2, 0) is 0 Å². The van der Waals surface area contributed by atoms with Gasteiger partial charge in [-0.1, -0.05) is 13.8 Å². The SMILES string of the molecule is CCOc1ccc(-c2nc(C(=O)NCC(C)C)cs2)c(F)c1. The van der Waals surface area contributed by atoms with Gasteiger partial charge >= 0.3 is 0 Å². The monoisotopic (exact) mass is 322 g/mol. The minimum atomic E-state index is -0.408. The maximum Gasteiger partial charge on any atom is 0.270 e. The number of ether oxygens (including phenoxy) is 1. The lowest BCUT2D eigenvalue weighted by molar-refractivity contribution is 0.0945. The molecule has 0 aliphatic carbocycles. The van der Waals surface area contributed by atoms with Gasteiger partial charge < -0.3 is 10.1 Å². The molecule has 1 aromatic heterocycles. The molecule has 0 bridgehead atoms. The van der Waals surface area contributed by atoms with Gasteiger partial charge in [0.25, 0.3) is 5.91 Å². The third-order valence-electron chi connectivity index (χ3n) is 2.89. The summed E-state index contributed by atoms with van der Waals surface area (Å²) in [6, 6.07) is 4.65. The maximum atomic E-state index is 14.1. The highest BCUT2D eigenvalue weighted by atomic mass is 32.1. The Bertz CT molecular complexity index is 655. The molecular weight excluding hydrogens is 303 g/mol. The number of aromatic nitrogens is 1. The van der Waals surface area contributed by atoms with E-state index < -0.39 is 5.82 Å². The van der Waals surface area contributed by atoms with Crippen LogP contribution in [0.3, 0.4) is 0 Å². The zero-order valence-electron chi connectivity index (χ0n) is 12.9. The lowest BCUT2D eigenvalue weighted by Gasteiger charge is -2.06. The Morgan fingerprint density at radius 1 is 1.45 bits per heavy atom. The average Bonchev–Trinajstić information content (AvgIpc) is 2.95. The Morgan fingerprint density at radius 2 is 2.23 bits per heavy atom. The molecular formula is C16H19FN2O2S. The number of amides is 1. The number of nitrogens with one attached hydrogen (secondary N) is 1. The third-order valence-corrected chi connectivity index (χ3v) is 3.77. The van der Waals surface area contributed by atoms with E-state index in [9.17, 15) is 9.18 Å². The van der Waals surface area contributed by atoms with E-state index >= 15 is 0 Å². The molecule has 0 radical (unpaired) electrons. The maximum absolute atomic E-state index is 14.1. The Balaban J connectivity index is 2.15. The number of rotatable bonds is 6. The lowest BCUT2D eigenvalue weighted by atomic mass is 10.2. The summed E-state index contributed by atoms with van der Waals surface area (Å²) < 4.78 is 19.4.